The van der Waals surface area contributed by atoms with Crippen LogP contribution in [0.15, 0.2) is 0 Å². The third kappa shape index (κ3) is 4.66. The average Bonchev–Trinajstić information content (AvgIpc) is 2.26. The lowest BCUT2D eigenvalue weighted by atomic mass is 9.75. The normalized spacial score (nSPS) is 21.4. The van der Waals surface area contributed by atoms with Crippen LogP contribution in [0.5, 0.6) is 0 Å². The lowest BCUT2D eigenvalue weighted by molar-refractivity contribution is -0.178. The first kappa shape index (κ1) is 19.3. The Morgan fingerprint density at radius 1 is 0.762 bits per heavy atom. The minimum atomic E-state index is -2.53. The van der Waals surface area contributed by atoms with Crippen LogP contribution in [-0.2, 0) is 14.4 Å². The summed E-state index contributed by atoms with van der Waals surface area (Å²) < 4.78 is 0. The molecular weight excluding hydrogens is 288 g/mol. The zero-order valence-electron chi connectivity index (χ0n) is 11.9. The standard InChI is InChI=1S/C12H20O9/c1-10(19,7(13)14)4-6(12(3,21)9(17)18)5-11(2,20)8(15)16/h6,19-21H,4-5H2,1-3H3,(H,13,14)(H,15,16)(H,17,18). The second kappa shape index (κ2) is 5.96. The van der Waals surface area contributed by atoms with Gasteiger partial charge in [0.25, 0.3) is 0 Å². The van der Waals surface area contributed by atoms with Gasteiger partial charge in [-0.05, 0) is 33.6 Å². The predicted octanol–water partition coefficient (Wildman–Crippen LogP) is -1.11. The van der Waals surface area contributed by atoms with Crippen molar-refractivity contribution in [3.8, 4) is 0 Å². The molecule has 0 aromatic heterocycles. The van der Waals surface area contributed by atoms with E-state index in [0.717, 1.165) is 20.8 Å². The van der Waals surface area contributed by atoms with Crippen LogP contribution in [0.3, 0.4) is 0 Å². The smallest absolute Gasteiger partial charge is 0.335 e. The molecule has 0 aromatic carbocycles. The zero-order chi connectivity index (χ0) is 17.2. The van der Waals surface area contributed by atoms with Gasteiger partial charge in [0.15, 0.2) is 16.8 Å². The van der Waals surface area contributed by atoms with E-state index in [9.17, 15) is 29.7 Å². The maximum atomic E-state index is 11.1. The number of rotatable bonds is 8. The van der Waals surface area contributed by atoms with Gasteiger partial charge in [-0.25, -0.2) is 14.4 Å². The number of aliphatic hydroxyl groups is 3. The first-order chi connectivity index (χ1) is 9.14. The molecule has 0 aromatic rings. The Morgan fingerprint density at radius 2 is 1.05 bits per heavy atom. The Bertz CT molecular complexity index is 408. The topological polar surface area (TPSA) is 173 Å². The molecule has 0 aliphatic carbocycles. The van der Waals surface area contributed by atoms with Crippen molar-refractivity contribution in [3.63, 3.8) is 0 Å². The second-order valence-electron chi connectivity index (χ2n) is 5.72. The van der Waals surface area contributed by atoms with Crippen molar-refractivity contribution >= 4 is 17.9 Å². The molecule has 0 rings (SSSR count). The molecule has 3 atom stereocenters. The van der Waals surface area contributed by atoms with Crippen LogP contribution in [0.1, 0.15) is 33.6 Å². The first-order valence-electron chi connectivity index (χ1n) is 6.02. The number of carboxylic acids is 3. The zero-order valence-corrected chi connectivity index (χ0v) is 11.9. The molecule has 9 heteroatoms. The molecule has 0 saturated heterocycles. The van der Waals surface area contributed by atoms with Crippen molar-refractivity contribution in [1.29, 1.82) is 0 Å². The minimum Gasteiger partial charge on any atom is -0.479 e. The van der Waals surface area contributed by atoms with Gasteiger partial charge in [0.05, 0.1) is 0 Å². The van der Waals surface area contributed by atoms with Gasteiger partial charge in [-0.3, -0.25) is 0 Å². The van der Waals surface area contributed by atoms with Crippen molar-refractivity contribution in [1.82, 2.24) is 0 Å². The molecule has 6 N–H and O–H groups in total. The molecule has 0 spiro atoms. The molecule has 0 fully saturated rings. The first-order valence-corrected chi connectivity index (χ1v) is 6.02. The molecule has 0 amide bonds. The molecule has 3 unspecified atom stereocenters. The van der Waals surface area contributed by atoms with E-state index in [1.54, 1.807) is 0 Å². The summed E-state index contributed by atoms with van der Waals surface area (Å²) in [5, 5.41) is 56.0. The van der Waals surface area contributed by atoms with Gasteiger partial charge in [0.2, 0.25) is 0 Å². The van der Waals surface area contributed by atoms with Gasteiger partial charge in [-0.15, -0.1) is 0 Å². The monoisotopic (exact) mass is 308 g/mol. The van der Waals surface area contributed by atoms with Crippen molar-refractivity contribution in [3.05, 3.63) is 0 Å². The van der Waals surface area contributed by atoms with Gasteiger partial charge >= 0.3 is 17.9 Å². The molecule has 122 valence electrons. The van der Waals surface area contributed by atoms with Crippen molar-refractivity contribution in [2.24, 2.45) is 5.92 Å². The van der Waals surface area contributed by atoms with Gasteiger partial charge < -0.3 is 30.6 Å². The molecule has 0 aliphatic heterocycles. The molecule has 0 heterocycles. The molecule has 21 heavy (non-hydrogen) atoms. The van der Waals surface area contributed by atoms with Gasteiger partial charge in [0, 0.05) is 5.92 Å². The fourth-order valence-electron chi connectivity index (χ4n) is 1.78. The summed E-state index contributed by atoms with van der Waals surface area (Å²) in [5.41, 5.74) is -7.31. The van der Waals surface area contributed by atoms with Crippen LogP contribution in [0.2, 0.25) is 0 Å². The lowest BCUT2D eigenvalue weighted by Gasteiger charge is -2.36. The molecule has 0 aliphatic rings. The molecule has 0 bridgehead atoms. The average molecular weight is 308 g/mol. The van der Waals surface area contributed by atoms with Crippen LogP contribution in [0, 0.1) is 5.92 Å². The summed E-state index contributed by atoms with van der Waals surface area (Å²) in [7, 11) is 0. The number of aliphatic carboxylic acids is 3. The SMILES string of the molecule is CC(O)(CC(CC(C)(O)C(=O)O)C(C)(O)C(=O)O)C(=O)O. The Morgan fingerprint density at radius 3 is 1.24 bits per heavy atom. The number of carbonyl (C=O) groups is 3. The van der Waals surface area contributed by atoms with E-state index in [2.05, 4.69) is 0 Å². The Labute approximate surface area is 120 Å². The summed E-state index contributed by atoms with van der Waals surface area (Å²) in [6.45, 7) is 2.61. The third-order valence-corrected chi connectivity index (χ3v) is 3.44. The van der Waals surface area contributed by atoms with E-state index >= 15 is 0 Å². The maximum Gasteiger partial charge on any atom is 0.335 e. The molecule has 9 nitrogen and oxygen atoms in total. The highest BCUT2D eigenvalue weighted by Crippen LogP contribution is 2.34. The minimum absolute atomic E-state index is 0.759. The van der Waals surface area contributed by atoms with Crippen molar-refractivity contribution in [2.45, 2.75) is 50.4 Å². The fourth-order valence-corrected chi connectivity index (χ4v) is 1.78. The van der Waals surface area contributed by atoms with E-state index < -0.39 is 53.5 Å². The molecular formula is C12H20O9. The fraction of sp³-hybridized carbons (Fsp3) is 0.750. The van der Waals surface area contributed by atoms with E-state index in [1.807, 2.05) is 0 Å². The summed E-state index contributed by atoms with van der Waals surface area (Å²) in [6.07, 6.45) is -1.52. The summed E-state index contributed by atoms with van der Waals surface area (Å²) in [6, 6.07) is 0. The number of hydrogen-bond donors (Lipinski definition) is 6. The summed E-state index contributed by atoms with van der Waals surface area (Å²) >= 11 is 0. The van der Waals surface area contributed by atoms with Gasteiger partial charge in [-0.2, -0.15) is 0 Å². The highest BCUT2D eigenvalue weighted by Gasteiger charge is 2.48. The Kier molecular flexibility index (Phi) is 5.47. The second-order valence-corrected chi connectivity index (χ2v) is 5.72. The maximum absolute atomic E-state index is 11.1. The predicted molar refractivity (Wildman–Crippen MR) is 67.5 cm³/mol. The highest BCUT2D eigenvalue weighted by molar-refractivity contribution is 5.80. The Hall–Kier alpha value is -1.71. The van der Waals surface area contributed by atoms with Crippen LogP contribution in [0.4, 0.5) is 0 Å². The Balaban J connectivity index is 5.56. The molecule has 0 saturated carbocycles. The quantitative estimate of drug-likeness (QED) is 0.325. The van der Waals surface area contributed by atoms with Crippen molar-refractivity contribution in [2.75, 3.05) is 0 Å². The van der Waals surface area contributed by atoms with Crippen LogP contribution in [0.25, 0.3) is 0 Å². The number of carboxylic acid groups (broad SMARTS) is 3. The third-order valence-electron chi connectivity index (χ3n) is 3.44. The van der Waals surface area contributed by atoms with E-state index in [4.69, 9.17) is 15.3 Å². The largest absolute Gasteiger partial charge is 0.479 e. The molecule has 0 radical (unpaired) electrons. The number of hydrogen-bond acceptors (Lipinski definition) is 6. The summed E-state index contributed by atoms with van der Waals surface area (Å²) in [4.78, 5) is 32.9. The van der Waals surface area contributed by atoms with E-state index in [-0.39, 0.29) is 0 Å². The van der Waals surface area contributed by atoms with Crippen molar-refractivity contribution < 1.29 is 45.0 Å². The highest BCUT2D eigenvalue weighted by atomic mass is 16.4. The summed E-state index contributed by atoms with van der Waals surface area (Å²) in [5.74, 6) is -6.57. The lowest BCUT2D eigenvalue weighted by Crippen LogP contribution is -2.52. The van der Waals surface area contributed by atoms with E-state index in [1.165, 1.54) is 0 Å². The van der Waals surface area contributed by atoms with Crippen LogP contribution >= 0.6 is 0 Å². The van der Waals surface area contributed by atoms with E-state index in [0.29, 0.717) is 0 Å². The van der Waals surface area contributed by atoms with Gasteiger partial charge in [0.1, 0.15) is 0 Å². The van der Waals surface area contributed by atoms with Crippen LogP contribution in [-0.4, -0.2) is 65.4 Å². The van der Waals surface area contributed by atoms with Gasteiger partial charge in [-0.1, -0.05) is 0 Å². The van der Waals surface area contributed by atoms with Crippen LogP contribution < -0.4 is 0 Å².